The van der Waals surface area contributed by atoms with Gasteiger partial charge >= 0.3 is 0 Å². The van der Waals surface area contributed by atoms with Crippen LogP contribution < -0.4 is 0 Å². The minimum atomic E-state index is -0.327. The Morgan fingerprint density at radius 2 is 2.38 bits per heavy atom. The van der Waals surface area contributed by atoms with Crippen LogP contribution in [0.1, 0.15) is 33.1 Å². The van der Waals surface area contributed by atoms with Crippen molar-refractivity contribution in [1.82, 2.24) is 0 Å². The molecule has 74 valence electrons. The van der Waals surface area contributed by atoms with Gasteiger partial charge in [0.25, 0.3) is 0 Å². The summed E-state index contributed by atoms with van der Waals surface area (Å²) in [5.41, 5.74) is 0.263. The molecule has 4 heteroatoms. The molecule has 4 nitrogen and oxygen atoms in total. The van der Waals surface area contributed by atoms with Gasteiger partial charge in [-0.2, -0.15) is 0 Å². The molecule has 0 aliphatic carbocycles. The Hall–Kier alpha value is -0.900. The van der Waals surface area contributed by atoms with Gasteiger partial charge in [-0.05, 0) is 19.8 Å². The Morgan fingerprint density at radius 3 is 2.77 bits per heavy atom. The smallest absolute Gasteiger partial charge is 0.244 e. The van der Waals surface area contributed by atoms with Gasteiger partial charge in [0.15, 0.2) is 0 Å². The van der Waals surface area contributed by atoms with E-state index in [0.29, 0.717) is 6.42 Å². The molecule has 2 unspecified atom stereocenters. The van der Waals surface area contributed by atoms with Crippen molar-refractivity contribution in [2.24, 2.45) is 0 Å². The van der Waals surface area contributed by atoms with Gasteiger partial charge in [-0.3, -0.25) is 10.1 Å². The van der Waals surface area contributed by atoms with Crippen LogP contribution in [0, 0.1) is 10.1 Å². The molecule has 0 amide bonds. The van der Waals surface area contributed by atoms with E-state index in [2.05, 4.69) is 0 Å². The fraction of sp³-hybridized carbons (Fsp3) is 0.778. The van der Waals surface area contributed by atoms with Crippen molar-refractivity contribution in [2.45, 2.75) is 45.3 Å². The number of hydrogen-bond donors (Lipinski definition) is 0. The molecule has 1 saturated heterocycles. The number of hydrogen-bond acceptors (Lipinski definition) is 3. The molecule has 1 fully saturated rings. The minimum absolute atomic E-state index is 0.0460. The lowest BCUT2D eigenvalue weighted by Gasteiger charge is -2.05. The molecule has 1 aliphatic heterocycles. The van der Waals surface area contributed by atoms with Gasteiger partial charge in [0.1, 0.15) is 0 Å². The van der Waals surface area contributed by atoms with Gasteiger partial charge in [-0.15, -0.1) is 0 Å². The first-order valence-electron chi connectivity index (χ1n) is 4.64. The molecule has 1 heterocycles. The van der Waals surface area contributed by atoms with E-state index in [9.17, 15) is 10.1 Å². The van der Waals surface area contributed by atoms with E-state index in [-0.39, 0.29) is 22.8 Å². The number of allylic oxidation sites excluding steroid dienone is 1. The van der Waals surface area contributed by atoms with Crippen LogP contribution in [0.4, 0.5) is 0 Å². The summed E-state index contributed by atoms with van der Waals surface area (Å²) >= 11 is 0. The van der Waals surface area contributed by atoms with Crippen LogP contribution in [0.3, 0.4) is 0 Å². The van der Waals surface area contributed by atoms with Crippen molar-refractivity contribution < 1.29 is 9.66 Å². The highest BCUT2D eigenvalue weighted by molar-refractivity contribution is 4.98. The average molecular weight is 185 g/mol. The Bertz CT molecular complexity index is 225. The van der Waals surface area contributed by atoms with E-state index in [1.54, 1.807) is 13.0 Å². The predicted octanol–water partition coefficient (Wildman–Crippen LogP) is 2.12. The quantitative estimate of drug-likeness (QED) is 0.500. The van der Waals surface area contributed by atoms with Gasteiger partial charge in [-0.1, -0.05) is 6.92 Å². The monoisotopic (exact) mass is 185 g/mol. The highest BCUT2D eigenvalue weighted by Gasteiger charge is 2.22. The number of nitro groups is 1. The SMILES string of the molecule is CCC(=CC1CCC(C)O1)[N+](=O)[O-]. The molecule has 0 N–H and O–H groups in total. The van der Waals surface area contributed by atoms with Crippen LogP contribution in [0.15, 0.2) is 11.8 Å². The van der Waals surface area contributed by atoms with Crippen LogP contribution in [0.5, 0.6) is 0 Å². The zero-order chi connectivity index (χ0) is 9.84. The summed E-state index contributed by atoms with van der Waals surface area (Å²) in [5.74, 6) is 0. The molecule has 0 radical (unpaired) electrons. The van der Waals surface area contributed by atoms with Crippen molar-refractivity contribution in [3.63, 3.8) is 0 Å². The van der Waals surface area contributed by atoms with Crippen molar-refractivity contribution >= 4 is 0 Å². The predicted molar refractivity (Wildman–Crippen MR) is 48.9 cm³/mol. The second kappa shape index (κ2) is 4.37. The normalized spacial score (nSPS) is 29.2. The summed E-state index contributed by atoms with van der Waals surface area (Å²) in [5, 5.41) is 10.5. The zero-order valence-corrected chi connectivity index (χ0v) is 8.03. The van der Waals surface area contributed by atoms with Crippen molar-refractivity contribution in [1.29, 1.82) is 0 Å². The molecule has 0 aromatic carbocycles. The number of rotatable bonds is 3. The molecule has 0 bridgehead atoms. The van der Waals surface area contributed by atoms with E-state index < -0.39 is 0 Å². The van der Waals surface area contributed by atoms with Crippen LogP contribution >= 0.6 is 0 Å². The lowest BCUT2D eigenvalue weighted by molar-refractivity contribution is -0.428. The zero-order valence-electron chi connectivity index (χ0n) is 8.03. The van der Waals surface area contributed by atoms with E-state index in [0.717, 1.165) is 12.8 Å². The van der Waals surface area contributed by atoms with E-state index in [1.807, 2.05) is 6.92 Å². The van der Waals surface area contributed by atoms with Crippen LogP contribution in [-0.2, 0) is 4.74 Å². The lowest BCUT2D eigenvalue weighted by atomic mass is 10.2. The first-order chi connectivity index (χ1) is 6.13. The van der Waals surface area contributed by atoms with E-state index in [4.69, 9.17) is 4.74 Å². The fourth-order valence-electron chi connectivity index (χ4n) is 1.48. The van der Waals surface area contributed by atoms with Crippen molar-refractivity contribution in [3.05, 3.63) is 21.9 Å². The van der Waals surface area contributed by atoms with Crippen LogP contribution in [0.25, 0.3) is 0 Å². The highest BCUT2D eigenvalue weighted by atomic mass is 16.6. The van der Waals surface area contributed by atoms with Gasteiger partial charge in [0, 0.05) is 12.5 Å². The number of nitrogens with zero attached hydrogens (tertiary/aromatic N) is 1. The fourth-order valence-corrected chi connectivity index (χ4v) is 1.48. The Balaban J connectivity index is 2.57. The maximum atomic E-state index is 10.5. The molecule has 1 rings (SSSR count). The summed E-state index contributed by atoms with van der Waals surface area (Å²) in [4.78, 5) is 10.2. The summed E-state index contributed by atoms with van der Waals surface area (Å²) < 4.78 is 5.46. The lowest BCUT2D eigenvalue weighted by Crippen LogP contribution is -2.08. The maximum Gasteiger partial charge on any atom is 0.244 e. The average Bonchev–Trinajstić information content (AvgIpc) is 2.46. The first kappa shape index (κ1) is 10.2. The van der Waals surface area contributed by atoms with Crippen molar-refractivity contribution in [2.75, 3.05) is 0 Å². The Labute approximate surface area is 77.7 Å². The largest absolute Gasteiger partial charge is 0.371 e. The van der Waals surface area contributed by atoms with Gasteiger partial charge in [0.2, 0.25) is 5.70 Å². The van der Waals surface area contributed by atoms with Crippen LogP contribution in [0.2, 0.25) is 0 Å². The highest BCUT2D eigenvalue weighted by Crippen LogP contribution is 2.21. The molecule has 0 aromatic rings. The van der Waals surface area contributed by atoms with Gasteiger partial charge < -0.3 is 4.74 Å². The molecule has 0 spiro atoms. The topological polar surface area (TPSA) is 52.4 Å². The summed E-state index contributed by atoms with van der Waals surface area (Å²) in [7, 11) is 0. The molecule has 0 saturated carbocycles. The standard InChI is InChI=1S/C9H15NO3/c1-3-8(10(11)12)6-9-5-4-7(2)13-9/h6-7,9H,3-5H2,1-2H3. The van der Waals surface area contributed by atoms with Gasteiger partial charge in [0.05, 0.1) is 17.1 Å². The molecule has 0 aromatic heterocycles. The summed E-state index contributed by atoms with van der Waals surface area (Å²) in [6.45, 7) is 3.78. The Morgan fingerprint density at radius 1 is 1.69 bits per heavy atom. The van der Waals surface area contributed by atoms with E-state index >= 15 is 0 Å². The first-order valence-corrected chi connectivity index (χ1v) is 4.64. The molecule has 2 atom stereocenters. The van der Waals surface area contributed by atoms with Gasteiger partial charge in [-0.25, -0.2) is 0 Å². The second-order valence-electron chi connectivity index (χ2n) is 3.33. The summed E-state index contributed by atoms with van der Waals surface area (Å²) in [6, 6.07) is 0. The molecular formula is C9H15NO3. The number of ether oxygens (including phenoxy) is 1. The summed E-state index contributed by atoms with van der Waals surface area (Å²) in [6.07, 6.45) is 4.19. The minimum Gasteiger partial charge on any atom is -0.371 e. The third-order valence-corrected chi connectivity index (χ3v) is 2.24. The van der Waals surface area contributed by atoms with Crippen LogP contribution in [-0.4, -0.2) is 17.1 Å². The van der Waals surface area contributed by atoms with E-state index in [1.165, 1.54) is 0 Å². The molecular weight excluding hydrogens is 170 g/mol. The molecule has 13 heavy (non-hydrogen) atoms. The second-order valence-corrected chi connectivity index (χ2v) is 3.33. The maximum absolute atomic E-state index is 10.5. The van der Waals surface area contributed by atoms with Crippen molar-refractivity contribution in [3.8, 4) is 0 Å². The molecule has 1 aliphatic rings. The Kier molecular flexibility index (Phi) is 3.42. The third kappa shape index (κ3) is 2.81. The third-order valence-electron chi connectivity index (χ3n) is 2.24.